The van der Waals surface area contributed by atoms with Gasteiger partial charge >= 0.3 is 0 Å². The van der Waals surface area contributed by atoms with Crippen molar-refractivity contribution in [3.8, 4) is 0 Å². The second kappa shape index (κ2) is 4.40. The van der Waals surface area contributed by atoms with E-state index in [1.165, 1.54) is 51.4 Å². The maximum Gasteiger partial charge on any atom is 0.132 e. The van der Waals surface area contributed by atoms with Crippen molar-refractivity contribution < 1.29 is 4.79 Å². The highest BCUT2D eigenvalue weighted by Crippen LogP contribution is 2.61. The maximum absolute atomic E-state index is 11.4. The second-order valence-electron chi connectivity index (χ2n) is 7.16. The Morgan fingerprint density at radius 3 is 2.06 bits per heavy atom. The normalized spacial score (nSPS) is 43.0. The predicted molar refractivity (Wildman–Crippen MR) is 69.8 cm³/mol. The van der Waals surface area contributed by atoms with Gasteiger partial charge in [0.25, 0.3) is 0 Å². The molecule has 1 heteroatoms. The number of ketones is 1. The van der Waals surface area contributed by atoms with E-state index in [1.807, 2.05) is 6.92 Å². The quantitative estimate of drug-likeness (QED) is 0.691. The summed E-state index contributed by atoms with van der Waals surface area (Å²) in [7, 11) is 0. The van der Waals surface area contributed by atoms with Crippen LogP contribution in [0.3, 0.4) is 0 Å². The zero-order valence-electron chi connectivity index (χ0n) is 11.2. The molecular weight excluding hydrogens is 208 g/mol. The molecule has 4 saturated carbocycles. The minimum Gasteiger partial charge on any atom is -0.300 e. The molecule has 0 aliphatic heterocycles. The summed E-state index contributed by atoms with van der Waals surface area (Å²) in [5.41, 5.74) is 0.683. The fourth-order valence-electron chi connectivity index (χ4n) is 5.43. The molecular formula is C16H26O. The van der Waals surface area contributed by atoms with Crippen LogP contribution in [0.4, 0.5) is 0 Å². The number of rotatable bonds is 5. The van der Waals surface area contributed by atoms with Crippen LogP contribution in [-0.2, 0) is 4.79 Å². The van der Waals surface area contributed by atoms with Gasteiger partial charge in [0.05, 0.1) is 0 Å². The third-order valence-corrected chi connectivity index (χ3v) is 5.72. The Morgan fingerprint density at radius 2 is 1.59 bits per heavy atom. The van der Waals surface area contributed by atoms with Crippen LogP contribution in [0.15, 0.2) is 0 Å². The molecule has 17 heavy (non-hydrogen) atoms. The molecule has 0 aromatic heterocycles. The summed E-state index contributed by atoms with van der Waals surface area (Å²) >= 11 is 0. The van der Waals surface area contributed by atoms with E-state index in [-0.39, 0.29) is 0 Å². The lowest BCUT2D eigenvalue weighted by atomic mass is 9.48. The zero-order valence-corrected chi connectivity index (χ0v) is 11.2. The monoisotopic (exact) mass is 234 g/mol. The first-order valence-electron chi connectivity index (χ1n) is 7.71. The van der Waals surface area contributed by atoms with E-state index >= 15 is 0 Å². The Labute approximate surface area is 105 Å². The van der Waals surface area contributed by atoms with Crippen LogP contribution in [0, 0.1) is 23.2 Å². The molecule has 0 amide bonds. The number of Topliss-reactive ketones (excluding diaryl/α,β-unsaturated/α-hetero) is 1. The third-order valence-electron chi connectivity index (χ3n) is 5.72. The molecule has 0 spiro atoms. The topological polar surface area (TPSA) is 17.1 Å². The van der Waals surface area contributed by atoms with Gasteiger partial charge in [-0.15, -0.1) is 0 Å². The lowest BCUT2D eigenvalue weighted by molar-refractivity contribution is -0.119. The standard InChI is InChI=1S/C16H26O/c1-2-15(17)4-3-5-16-9-12-6-13(10-16)8-14(7-12)11-16/h12-14H,2-11H2,1H3. The third kappa shape index (κ3) is 2.30. The van der Waals surface area contributed by atoms with Gasteiger partial charge in [-0.25, -0.2) is 0 Å². The lowest BCUT2D eigenvalue weighted by Gasteiger charge is -2.57. The van der Waals surface area contributed by atoms with Crippen molar-refractivity contribution in [3.63, 3.8) is 0 Å². The van der Waals surface area contributed by atoms with Gasteiger partial charge in [-0.2, -0.15) is 0 Å². The molecule has 0 unspecified atom stereocenters. The molecule has 4 bridgehead atoms. The summed E-state index contributed by atoms with van der Waals surface area (Å²) in [6.07, 6.45) is 13.2. The molecule has 0 radical (unpaired) electrons. The first-order chi connectivity index (χ1) is 8.19. The largest absolute Gasteiger partial charge is 0.300 e. The number of carbonyl (C=O) groups is 1. The molecule has 0 aromatic carbocycles. The lowest BCUT2D eigenvalue weighted by Crippen LogP contribution is -2.45. The summed E-state index contributed by atoms with van der Waals surface area (Å²) < 4.78 is 0. The Morgan fingerprint density at radius 1 is 1.06 bits per heavy atom. The van der Waals surface area contributed by atoms with Crippen molar-refractivity contribution in [2.24, 2.45) is 23.2 Å². The molecule has 4 aliphatic carbocycles. The molecule has 4 aliphatic rings. The molecule has 0 atom stereocenters. The van der Waals surface area contributed by atoms with Gasteiger partial charge in [0.15, 0.2) is 0 Å². The first kappa shape index (κ1) is 11.7. The van der Waals surface area contributed by atoms with Crippen LogP contribution in [0.25, 0.3) is 0 Å². The summed E-state index contributed by atoms with van der Waals surface area (Å²) in [5, 5.41) is 0. The Hall–Kier alpha value is -0.330. The fourth-order valence-corrected chi connectivity index (χ4v) is 5.43. The van der Waals surface area contributed by atoms with Crippen LogP contribution in [-0.4, -0.2) is 5.78 Å². The Kier molecular flexibility index (Phi) is 3.04. The van der Waals surface area contributed by atoms with Gasteiger partial charge in [-0.05, 0) is 74.5 Å². The van der Waals surface area contributed by atoms with E-state index in [0.717, 1.165) is 30.6 Å². The molecule has 0 heterocycles. The number of hydrogen-bond acceptors (Lipinski definition) is 1. The number of carbonyl (C=O) groups excluding carboxylic acids is 1. The van der Waals surface area contributed by atoms with Gasteiger partial charge < -0.3 is 0 Å². The molecule has 1 nitrogen and oxygen atoms in total. The van der Waals surface area contributed by atoms with E-state index in [9.17, 15) is 4.79 Å². The van der Waals surface area contributed by atoms with Crippen molar-refractivity contribution in [1.29, 1.82) is 0 Å². The van der Waals surface area contributed by atoms with E-state index in [2.05, 4.69) is 0 Å². The van der Waals surface area contributed by atoms with E-state index in [0.29, 0.717) is 11.2 Å². The maximum atomic E-state index is 11.4. The van der Waals surface area contributed by atoms with Gasteiger partial charge in [-0.1, -0.05) is 6.92 Å². The van der Waals surface area contributed by atoms with Crippen molar-refractivity contribution in [1.82, 2.24) is 0 Å². The summed E-state index contributed by atoms with van der Waals surface area (Å²) in [5.74, 6) is 3.64. The summed E-state index contributed by atoms with van der Waals surface area (Å²) in [6, 6.07) is 0. The SMILES string of the molecule is CCC(=O)CCCC12CC3CC(CC(C3)C1)C2. The Bertz CT molecular complexity index is 269. The van der Waals surface area contributed by atoms with Crippen molar-refractivity contribution in [2.75, 3.05) is 0 Å². The molecule has 0 aromatic rings. The smallest absolute Gasteiger partial charge is 0.132 e. The van der Waals surface area contributed by atoms with Crippen LogP contribution < -0.4 is 0 Å². The highest BCUT2D eigenvalue weighted by Gasteiger charge is 2.50. The summed E-state index contributed by atoms with van der Waals surface area (Å²) in [4.78, 5) is 11.4. The average molecular weight is 234 g/mol. The Balaban J connectivity index is 1.57. The van der Waals surface area contributed by atoms with Gasteiger partial charge in [0, 0.05) is 12.8 Å². The highest BCUT2D eigenvalue weighted by atomic mass is 16.1. The fraction of sp³-hybridized carbons (Fsp3) is 0.938. The van der Waals surface area contributed by atoms with Crippen molar-refractivity contribution in [3.05, 3.63) is 0 Å². The number of hydrogen-bond donors (Lipinski definition) is 0. The zero-order chi connectivity index (χ0) is 11.9. The molecule has 4 rings (SSSR count). The van der Waals surface area contributed by atoms with Crippen LogP contribution in [0.1, 0.15) is 71.1 Å². The molecule has 0 saturated heterocycles. The molecule has 96 valence electrons. The predicted octanol–water partition coefficient (Wildman–Crippen LogP) is 4.35. The second-order valence-corrected chi connectivity index (χ2v) is 7.16. The van der Waals surface area contributed by atoms with Crippen LogP contribution in [0.2, 0.25) is 0 Å². The van der Waals surface area contributed by atoms with Gasteiger partial charge in [0.1, 0.15) is 5.78 Å². The van der Waals surface area contributed by atoms with Gasteiger partial charge in [-0.3, -0.25) is 4.79 Å². The highest BCUT2D eigenvalue weighted by molar-refractivity contribution is 5.77. The van der Waals surface area contributed by atoms with E-state index < -0.39 is 0 Å². The molecule has 4 fully saturated rings. The van der Waals surface area contributed by atoms with Gasteiger partial charge in [0.2, 0.25) is 0 Å². The minimum absolute atomic E-state index is 0.467. The van der Waals surface area contributed by atoms with Crippen LogP contribution in [0.5, 0.6) is 0 Å². The van der Waals surface area contributed by atoms with Crippen molar-refractivity contribution in [2.45, 2.75) is 71.1 Å². The average Bonchev–Trinajstić information content (AvgIpc) is 2.26. The van der Waals surface area contributed by atoms with Crippen LogP contribution >= 0.6 is 0 Å². The van der Waals surface area contributed by atoms with E-state index in [1.54, 1.807) is 0 Å². The minimum atomic E-state index is 0.467. The first-order valence-corrected chi connectivity index (χ1v) is 7.71. The van der Waals surface area contributed by atoms with E-state index in [4.69, 9.17) is 0 Å². The molecule has 0 N–H and O–H groups in total. The van der Waals surface area contributed by atoms with Crippen molar-refractivity contribution >= 4 is 5.78 Å². The summed E-state index contributed by atoms with van der Waals surface area (Å²) in [6.45, 7) is 1.99.